The van der Waals surface area contributed by atoms with Crippen molar-refractivity contribution in [3.8, 4) is 0 Å². The van der Waals surface area contributed by atoms with Crippen LogP contribution in [-0.2, 0) is 16.1 Å². The van der Waals surface area contributed by atoms with Gasteiger partial charge in [-0.15, -0.1) is 0 Å². The third kappa shape index (κ3) is 4.35. The molecular weight excluding hydrogens is 344 g/mol. The first-order valence-corrected chi connectivity index (χ1v) is 9.50. The lowest BCUT2D eigenvalue weighted by Gasteiger charge is -2.35. The second kappa shape index (κ2) is 8.16. The number of amides is 1. The number of nitrogen functional groups attached to an aromatic ring is 1. The summed E-state index contributed by atoms with van der Waals surface area (Å²) in [6, 6.07) is 7.81. The summed E-state index contributed by atoms with van der Waals surface area (Å²) in [6.45, 7) is 7.42. The van der Waals surface area contributed by atoms with Crippen LogP contribution in [0.25, 0.3) is 10.9 Å². The number of nitrogens with zero attached hydrogens (tertiary/aromatic N) is 5. The molecule has 0 aliphatic carbocycles. The van der Waals surface area contributed by atoms with Crippen LogP contribution < -0.4 is 5.73 Å². The van der Waals surface area contributed by atoms with Crippen molar-refractivity contribution < 1.29 is 9.53 Å². The van der Waals surface area contributed by atoms with Gasteiger partial charge < -0.3 is 15.4 Å². The van der Waals surface area contributed by atoms with Crippen molar-refractivity contribution in [2.75, 3.05) is 64.8 Å². The van der Waals surface area contributed by atoms with Crippen LogP contribution in [0.15, 0.2) is 24.3 Å². The molecule has 1 aromatic carbocycles. The number of carbonyl (C=O) groups is 1. The van der Waals surface area contributed by atoms with E-state index in [2.05, 4.69) is 19.8 Å². The van der Waals surface area contributed by atoms with Crippen molar-refractivity contribution in [2.45, 2.75) is 6.54 Å². The van der Waals surface area contributed by atoms with E-state index in [0.29, 0.717) is 45.2 Å². The zero-order valence-corrected chi connectivity index (χ0v) is 15.5. The maximum Gasteiger partial charge on any atom is 0.236 e. The molecule has 2 saturated heterocycles. The molecule has 0 bridgehead atoms. The quantitative estimate of drug-likeness (QED) is 0.822. The molecule has 27 heavy (non-hydrogen) atoms. The fraction of sp³-hybridized carbons (Fsp3) is 0.526. The first kappa shape index (κ1) is 18.1. The number of hydrogen-bond donors (Lipinski definition) is 1. The largest absolute Gasteiger partial charge is 0.383 e. The van der Waals surface area contributed by atoms with Crippen LogP contribution in [0.2, 0.25) is 0 Å². The SMILES string of the molecule is Nc1nc(CN2CCN(CC(=O)N3CCOCC3)CC2)nc2ccccc12. The van der Waals surface area contributed by atoms with Crippen LogP contribution in [-0.4, -0.2) is 89.6 Å². The third-order valence-electron chi connectivity index (χ3n) is 5.23. The van der Waals surface area contributed by atoms with Gasteiger partial charge in [-0.05, 0) is 12.1 Å². The maximum atomic E-state index is 12.4. The van der Waals surface area contributed by atoms with Gasteiger partial charge in [0.05, 0.1) is 31.8 Å². The zero-order valence-electron chi connectivity index (χ0n) is 15.5. The number of benzene rings is 1. The molecule has 2 aromatic rings. The average Bonchev–Trinajstić information content (AvgIpc) is 2.70. The molecule has 0 atom stereocenters. The number of hydrogen-bond acceptors (Lipinski definition) is 7. The van der Waals surface area contributed by atoms with Crippen LogP contribution in [0.3, 0.4) is 0 Å². The summed E-state index contributed by atoms with van der Waals surface area (Å²) in [7, 11) is 0. The van der Waals surface area contributed by atoms with Crippen molar-refractivity contribution in [1.82, 2.24) is 24.7 Å². The fourth-order valence-electron chi connectivity index (χ4n) is 3.63. The van der Waals surface area contributed by atoms with Crippen molar-refractivity contribution in [3.05, 3.63) is 30.1 Å². The highest BCUT2D eigenvalue weighted by atomic mass is 16.5. The Kier molecular flexibility index (Phi) is 5.47. The molecule has 2 aliphatic rings. The number of fused-ring (bicyclic) bond motifs is 1. The van der Waals surface area contributed by atoms with Gasteiger partial charge >= 0.3 is 0 Å². The molecule has 8 heteroatoms. The summed E-state index contributed by atoms with van der Waals surface area (Å²) in [5.74, 6) is 1.49. The minimum atomic E-state index is 0.206. The Hall–Kier alpha value is -2.29. The summed E-state index contributed by atoms with van der Waals surface area (Å²) in [6.07, 6.45) is 0. The first-order valence-electron chi connectivity index (χ1n) is 9.50. The van der Waals surface area contributed by atoms with E-state index < -0.39 is 0 Å². The average molecular weight is 370 g/mol. The van der Waals surface area contributed by atoms with E-state index >= 15 is 0 Å². The summed E-state index contributed by atoms with van der Waals surface area (Å²) in [5, 5.41) is 0.896. The Balaban J connectivity index is 1.30. The van der Waals surface area contributed by atoms with Crippen molar-refractivity contribution >= 4 is 22.6 Å². The Morgan fingerprint density at radius 1 is 1.00 bits per heavy atom. The highest BCUT2D eigenvalue weighted by Gasteiger charge is 2.23. The lowest BCUT2D eigenvalue weighted by atomic mass is 10.2. The summed E-state index contributed by atoms with van der Waals surface area (Å²) in [4.78, 5) is 27.9. The Morgan fingerprint density at radius 2 is 1.70 bits per heavy atom. The molecule has 1 aromatic heterocycles. The van der Waals surface area contributed by atoms with Gasteiger partial charge in [0.15, 0.2) is 0 Å². The minimum absolute atomic E-state index is 0.206. The van der Waals surface area contributed by atoms with Gasteiger partial charge in [0, 0.05) is 44.7 Å². The lowest BCUT2D eigenvalue weighted by Crippen LogP contribution is -2.51. The number of aromatic nitrogens is 2. The van der Waals surface area contributed by atoms with E-state index in [0.717, 1.165) is 42.9 Å². The van der Waals surface area contributed by atoms with Gasteiger partial charge in [0.2, 0.25) is 5.91 Å². The van der Waals surface area contributed by atoms with Crippen LogP contribution in [0.5, 0.6) is 0 Å². The highest BCUT2D eigenvalue weighted by Crippen LogP contribution is 2.18. The minimum Gasteiger partial charge on any atom is -0.383 e. The molecule has 2 aliphatic heterocycles. The van der Waals surface area contributed by atoms with E-state index in [-0.39, 0.29) is 5.91 Å². The molecule has 0 unspecified atom stereocenters. The van der Waals surface area contributed by atoms with E-state index in [1.165, 1.54) is 0 Å². The van der Waals surface area contributed by atoms with Crippen molar-refractivity contribution in [2.24, 2.45) is 0 Å². The van der Waals surface area contributed by atoms with Gasteiger partial charge in [-0.3, -0.25) is 14.6 Å². The molecule has 2 N–H and O–H groups in total. The number of piperazine rings is 1. The molecule has 0 spiro atoms. The van der Waals surface area contributed by atoms with E-state index in [9.17, 15) is 4.79 Å². The Morgan fingerprint density at radius 3 is 2.48 bits per heavy atom. The normalized spacial score (nSPS) is 19.5. The van der Waals surface area contributed by atoms with Gasteiger partial charge in [-0.25, -0.2) is 9.97 Å². The molecule has 3 heterocycles. The number of para-hydroxylation sites is 1. The van der Waals surface area contributed by atoms with Crippen LogP contribution in [0, 0.1) is 0 Å². The number of anilines is 1. The van der Waals surface area contributed by atoms with Crippen LogP contribution >= 0.6 is 0 Å². The monoisotopic (exact) mass is 370 g/mol. The molecule has 8 nitrogen and oxygen atoms in total. The number of ether oxygens (including phenoxy) is 1. The summed E-state index contributed by atoms with van der Waals surface area (Å²) >= 11 is 0. The Labute approximate surface area is 158 Å². The van der Waals surface area contributed by atoms with Crippen molar-refractivity contribution in [1.29, 1.82) is 0 Å². The van der Waals surface area contributed by atoms with Gasteiger partial charge in [0.25, 0.3) is 0 Å². The second-order valence-electron chi connectivity index (χ2n) is 7.09. The lowest BCUT2D eigenvalue weighted by molar-refractivity contribution is -0.136. The maximum absolute atomic E-state index is 12.4. The number of nitrogens with two attached hydrogens (primary N) is 1. The molecule has 2 fully saturated rings. The van der Waals surface area contributed by atoms with E-state index in [1.54, 1.807) is 0 Å². The predicted molar refractivity (Wildman–Crippen MR) is 103 cm³/mol. The number of rotatable bonds is 4. The molecule has 144 valence electrons. The molecule has 1 amide bonds. The summed E-state index contributed by atoms with van der Waals surface area (Å²) in [5.41, 5.74) is 6.97. The molecule has 4 rings (SSSR count). The standard InChI is InChI=1S/C19H26N6O2/c20-19-15-3-1-2-4-16(15)21-17(22-19)13-23-5-7-24(8-6-23)14-18(26)25-9-11-27-12-10-25/h1-4H,5-14H2,(H2,20,21,22). The zero-order chi connectivity index (χ0) is 18.6. The number of carbonyl (C=O) groups excluding carboxylic acids is 1. The molecule has 0 radical (unpaired) electrons. The predicted octanol–water partition coefficient (Wildman–Crippen LogP) is 0.188. The smallest absolute Gasteiger partial charge is 0.236 e. The van der Waals surface area contributed by atoms with E-state index in [1.807, 2.05) is 29.2 Å². The van der Waals surface area contributed by atoms with Crippen LogP contribution in [0.4, 0.5) is 5.82 Å². The third-order valence-corrected chi connectivity index (χ3v) is 5.23. The molecular formula is C19H26N6O2. The van der Waals surface area contributed by atoms with E-state index in [4.69, 9.17) is 10.5 Å². The van der Waals surface area contributed by atoms with Crippen molar-refractivity contribution in [3.63, 3.8) is 0 Å². The second-order valence-corrected chi connectivity index (χ2v) is 7.09. The van der Waals surface area contributed by atoms with Crippen LogP contribution in [0.1, 0.15) is 5.82 Å². The van der Waals surface area contributed by atoms with Gasteiger partial charge in [-0.2, -0.15) is 0 Å². The first-order chi connectivity index (χ1) is 13.2. The van der Waals surface area contributed by atoms with Gasteiger partial charge in [0.1, 0.15) is 11.6 Å². The van der Waals surface area contributed by atoms with Gasteiger partial charge in [-0.1, -0.05) is 12.1 Å². The Bertz CT molecular complexity index is 800. The molecule has 0 saturated carbocycles. The topological polar surface area (TPSA) is 87.8 Å². The highest BCUT2D eigenvalue weighted by molar-refractivity contribution is 5.87. The summed E-state index contributed by atoms with van der Waals surface area (Å²) < 4.78 is 5.31. The fourth-order valence-corrected chi connectivity index (χ4v) is 3.63. The number of morpholine rings is 1.